The largest absolute Gasteiger partial charge is 0.419 e. The molecule has 120 valence electrons. The molecule has 1 aliphatic heterocycles. The van der Waals surface area contributed by atoms with Crippen molar-refractivity contribution in [3.8, 4) is 0 Å². The van der Waals surface area contributed by atoms with Gasteiger partial charge in [-0.3, -0.25) is 4.79 Å². The number of amides is 1. The van der Waals surface area contributed by atoms with Crippen molar-refractivity contribution in [3.63, 3.8) is 0 Å². The van der Waals surface area contributed by atoms with Crippen LogP contribution in [0.4, 0.5) is 24.7 Å². The van der Waals surface area contributed by atoms with E-state index in [1.807, 2.05) is 12.1 Å². The predicted octanol–water partition coefficient (Wildman–Crippen LogP) is 3.64. The number of carbonyl (C=O) groups is 1. The van der Waals surface area contributed by atoms with Gasteiger partial charge in [-0.2, -0.15) is 13.2 Å². The van der Waals surface area contributed by atoms with Crippen molar-refractivity contribution in [2.75, 3.05) is 17.2 Å². The van der Waals surface area contributed by atoms with E-state index in [0.29, 0.717) is 5.69 Å². The molecule has 2 heterocycles. The molecule has 0 saturated heterocycles. The van der Waals surface area contributed by atoms with Crippen molar-refractivity contribution >= 4 is 17.4 Å². The fraction of sp³-hybridized carbons (Fsp3) is 0.250. The van der Waals surface area contributed by atoms with E-state index in [-0.39, 0.29) is 30.6 Å². The Labute approximate surface area is 130 Å². The summed E-state index contributed by atoms with van der Waals surface area (Å²) < 4.78 is 38.9. The number of nitrogens with zero attached hydrogens (tertiary/aromatic N) is 1. The Balaban J connectivity index is 1.81. The van der Waals surface area contributed by atoms with Crippen molar-refractivity contribution in [2.24, 2.45) is 0 Å². The molecule has 0 radical (unpaired) electrons. The van der Waals surface area contributed by atoms with Crippen LogP contribution in [0.25, 0.3) is 0 Å². The number of fused-ring (bicyclic) bond motifs is 1. The Morgan fingerprint density at radius 1 is 1.22 bits per heavy atom. The minimum absolute atomic E-state index is 0.146. The highest BCUT2D eigenvalue weighted by Gasteiger charge is 2.34. The van der Waals surface area contributed by atoms with E-state index in [9.17, 15) is 18.0 Å². The lowest BCUT2D eigenvalue weighted by Gasteiger charge is -2.26. The third-order valence-corrected chi connectivity index (χ3v) is 3.74. The first kappa shape index (κ1) is 15.3. The maximum atomic E-state index is 13.0. The number of halogens is 3. The molecule has 1 aromatic carbocycles. The summed E-state index contributed by atoms with van der Waals surface area (Å²) in [5.74, 6) is -0.570. The Bertz CT molecular complexity index is 731. The van der Waals surface area contributed by atoms with Crippen LogP contribution in [0.15, 0.2) is 42.6 Å². The van der Waals surface area contributed by atoms with Crippen LogP contribution >= 0.6 is 0 Å². The molecule has 0 bridgehead atoms. The molecule has 23 heavy (non-hydrogen) atoms. The average Bonchev–Trinajstić information content (AvgIpc) is 2.52. The maximum Gasteiger partial charge on any atom is 0.419 e. The lowest BCUT2D eigenvalue weighted by molar-refractivity contribution is -0.137. The van der Waals surface area contributed by atoms with Crippen LogP contribution in [0.5, 0.6) is 0 Å². The van der Waals surface area contributed by atoms with Crippen LogP contribution in [0.3, 0.4) is 0 Å². The number of benzene rings is 1. The van der Waals surface area contributed by atoms with E-state index in [1.165, 1.54) is 12.3 Å². The first-order chi connectivity index (χ1) is 10.9. The molecule has 0 aliphatic carbocycles. The third-order valence-electron chi connectivity index (χ3n) is 3.74. The SMILES string of the molecule is O=C1C[C@@H](CNc2ncccc2C(F)(F)F)c2ccccc2N1. The van der Waals surface area contributed by atoms with E-state index in [0.717, 1.165) is 11.6 Å². The van der Waals surface area contributed by atoms with Crippen LogP contribution in [0.1, 0.15) is 23.5 Å². The predicted molar refractivity (Wildman–Crippen MR) is 80.2 cm³/mol. The summed E-state index contributed by atoms with van der Waals surface area (Å²) in [4.78, 5) is 15.5. The van der Waals surface area contributed by atoms with Gasteiger partial charge in [0.15, 0.2) is 0 Å². The van der Waals surface area contributed by atoms with E-state index in [4.69, 9.17) is 0 Å². The number of alkyl halides is 3. The van der Waals surface area contributed by atoms with E-state index >= 15 is 0 Å². The molecule has 0 unspecified atom stereocenters. The third kappa shape index (κ3) is 3.28. The zero-order chi connectivity index (χ0) is 16.4. The van der Waals surface area contributed by atoms with Gasteiger partial charge in [0.25, 0.3) is 0 Å². The highest BCUT2D eigenvalue weighted by molar-refractivity contribution is 5.94. The standard InChI is InChI=1S/C16H14F3N3O/c17-16(18,19)12-5-3-7-20-15(12)21-9-10-8-14(23)22-13-6-2-1-4-11(10)13/h1-7,10H,8-9H2,(H,20,21)(H,22,23)/t10-/m0/s1. The summed E-state index contributed by atoms with van der Waals surface area (Å²) in [6.07, 6.45) is -2.95. The highest BCUT2D eigenvalue weighted by Crippen LogP contribution is 2.35. The quantitative estimate of drug-likeness (QED) is 0.907. The molecule has 2 N–H and O–H groups in total. The lowest BCUT2D eigenvalue weighted by atomic mass is 9.90. The average molecular weight is 321 g/mol. The van der Waals surface area contributed by atoms with Crippen LogP contribution in [0.2, 0.25) is 0 Å². The van der Waals surface area contributed by atoms with Crippen molar-refractivity contribution < 1.29 is 18.0 Å². The number of anilines is 2. The molecular weight excluding hydrogens is 307 g/mol. The number of nitrogens with one attached hydrogen (secondary N) is 2. The molecular formula is C16H14F3N3O. The van der Waals surface area contributed by atoms with Gasteiger partial charge in [0.2, 0.25) is 5.91 Å². The summed E-state index contributed by atoms with van der Waals surface area (Å²) >= 11 is 0. The van der Waals surface area contributed by atoms with Gasteiger partial charge < -0.3 is 10.6 Å². The topological polar surface area (TPSA) is 54.0 Å². The highest BCUT2D eigenvalue weighted by atomic mass is 19.4. The maximum absolute atomic E-state index is 13.0. The van der Waals surface area contributed by atoms with Gasteiger partial charge >= 0.3 is 6.18 Å². The molecule has 1 aromatic heterocycles. The van der Waals surface area contributed by atoms with Crippen LogP contribution < -0.4 is 10.6 Å². The molecule has 1 aliphatic rings. The van der Waals surface area contributed by atoms with E-state index in [2.05, 4.69) is 15.6 Å². The second-order valence-corrected chi connectivity index (χ2v) is 5.31. The Morgan fingerprint density at radius 2 is 2.00 bits per heavy atom. The summed E-state index contributed by atoms with van der Waals surface area (Å²) in [6.45, 7) is 0.199. The molecule has 1 atom stereocenters. The number of hydrogen-bond acceptors (Lipinski definition) is 3. The number of rotatable bonds is 3. The van der Waals surface area contributed by atoms with Gasteiger partial charge in [0.05, 0.1) is 5.56 Å². The Morgan fingerprint density at radius 3 is 2.78 bits per heavy atom. The van der Waals surface area contributed by atoms with Crippen LogP contribution in [0, 0.1) is 0 Å². The van der Waals surface area contributed by atoms with Crippen molar-refractivity contribution in [1.29, 1.82) is 0 Å². The molecule has 7 heteroatoms. The van der Waals surface area contributed by atoms with Gasteiger partial charge in [0, 0.05) is 30.8 Å². The first-order valence-corrected chi connectivity index (χ1v) is 7.10. The molecule has 0 spiro atoms. The van der Waals surface area contributed by atoms with Gasteiger partial charge in [-0.15, -0.1) is 0 Å². The molecule has 0 fully saturated rings. The summed E-state index contributed by atoms with van der Waals surface area (Å²) in [6, 6.07) is 9.51. The van der Waals surface area contributed by atoms with E-state index < -0.39 is 11.7 Å². The second kappa shape index (κ2) is 5.91. The minimum atomic E-state index is -4.47. The Hall–Kier alpha value is -2.57. The summed E-state index contributed by atoms with van der Waals surface area (Å²) in [5, 5.41) is 5.50. The number of aromatic nitrogens is 1. The number of carbonyl (C=O) groups excluding carboxylic acids is 1. The van der Waals surface area contributed by atoms with Crippen molar-refractivity contribution in [2.45, 2.75) is 18.5 Å². The second-order valence-electron chi connectivity index (χ2n) is 5.31. The van der Waals surface area contributed by atoms with E-state index in [1.54, 1.807) is 12.1 Å². The molecule has 3 rings (SSSR count). The smallest absolute Gasteiger partial charge is 0.369 e. The zero-order valence-electron chi connectivity index (χ0n) is 12.0. The minimum Gasteiger partial charge on any atom is -0.369 e. The fourth-order valence-corrected chi connectivity index (χ4v) is 2.68. The molecule has 4 nitrogen and oxygen atoms in total. The monoisotopic (exact) mass is 321 g/mol. The lowest BCUT2D eigenvalue weighted by Crippen LogP contribution is -2.27. The van der Waals surface area contributed by atoms with Crippen molar-refractivity contribution in [3.05, 3.63) is 53.7 Å². The summed E-state index contributed by atoms with van der Waals surface area (Å²) in [7, 11) is 0. The van der Waals surface area contributed by atoms with Gasteiger partial charge in [0.1, 0.15) is 5.82 Å². The van der Waals surface area contributed by atoms with Gasteiger partial charge in [-0.25, -0.2) is 4.98 Å². The number of pyridine rings is 1. The van der Waals surface area contributed by atoms with Crippen LogP contribution in [-0.4, -0.2) is 17.4 Å². The fourth-order valence-electron chi connectivity index (χ4n) is 2.68. The van der Waals surface area contributed by atoms with Gasteiger partial charge in [-0.1, -0.05) is 18.2 Å². The number of para-hydroxylation sites is 1. The first-order valence-electron chi connectivity index (χ1n) is 7.10. The zero-order valence-corrected chi connectivity index (χ0v) is 12.0. The molecule has 2 aromatic rings. The normalized spacial score (nSPS) is 17.3. The van der Waals surface area contributed by atoms with Crippen LogP contribution in [-0.2, 0) is 11.0 Å². The number of hydrogen-bond donors (Lipinski definition) is 2. The molecule has 0 saturated carbocycles. The summed E-state index contributed by atoms with van der Waals surface area (Å²) in [5.41, 5.74) is 0.797. The molecule has 1 amide bonds. The van der Waals surface area contributed by atoms with Crippen molar-refractivity contribution in [1.82, 2.24) is 4.98 Å². The van der Waals surface area contributed by atoms with Gasteiger partial charge in [-0.05, 0) is 23.8 Å². The Kier molecular flexibility index (Phi) is 3.94.